The summed E-state index contributed by atoms with van der Waals surface area (Å²) in [6.45, 7) is 5.16. The number of benzene rings is 2. The summed E-state index contributed by atoms with van der Waals surface area (Å²) in [4.78, 5) is 12.1. The van der Waals surface area contributed by atoms with E-state index in [9.17, 15) is 4.79 Å². The average Bonchev–Trinajstić information content (AvgIpc) is 3.50. The summed E-state index contributed by atoms with van der Waals surface area (Å²) < 4.78 is 19.6. The second-order valence-electron chi connectivity index (χ2n) is 10.4. The maximum Gasteiger partial charge on any atom is 0.411 e. The summed E-state index contributed by atoms with van der Waals surface area (Å²) in [5, 5.41) is 11.5. The van der Waals surface area contributed by atoms with E-state index < -0.39 is 6.09 Å². The van der Waals surface area contributed by atoms with Crippen LogP contribution >= 0.6 is 0 Å². The lowest BCUT2D eigenvalue weighted by atomic mass is 9.92. The third-order valence-corrected chi connectivity index (χ3v) is 7.39. The molecule has 2 aromatic heterocycles. The van der Waals surface area contributed by atoms with Gasteiger partial charge in [-0.25, -0.2) is 4.79 Å². The number of H-pyrrole nitrogens is 1. The van der Waals surface area contributed by atoms with Crippen molar-refractivity contribution < 1.29 is 19.0 Å². The molecule has 1 aliphatic heterocycles. The SMILES string of the molecule is CC(C)OC(=O)Nc1ccc(-c2c(-c3cc[nH]n3)c3ccc(OC4CCOCC4)cc3n2C2CCC2)cc1. The molecular weight excluding hydrogens is 480 g/mol. The van der Waals surface area contributed by atoms with Gasteiger partial charge in [0.25, 0.3) is 0 Å². The van der Waals surface area contributed by atoms with Gasteiger partial charge in [-0.2, -0.15) is 5.10 Å². The highest BCUT2D eigenvalue weighted by molar-refractivity contribution is 6.04. The Morgan fingerprint density at radius 3 is 2.53 bits per heavy atom. The number of carbonyl (C=O) groups excluding carboxylic acids is 1. The molecule has 2 fully saturated rings. The van der Waals surface area contributed by atoms with E-state index in [0.29, 0.717) is 11.7 Å². The van der Waals surface area contributed by atoms with Crippen LogP contribution in [0.3, 0.4) is 0 Å². The second kappa shape index (κ2) is 10.5. The number of amides is 1. The molecular formula is C30H34N4O4. The van der Waals surface area contributed by atoms with Crippen molar-refractivity contribution in [1.82, 2.24) is 14.8 Å². The first kappa shape index (κ1) is 24.6. The monoisotopic (exact) mass is 514 g/mol. The lowest BCUT2D eigenvalue weighted by Gasteiger charge is -2.30. The highest BCUT2D eigenvalue weighted by Gasteiger charge is 2.29. The van der Waals surface area contributed by atoms with Crippen molar-refractivity contribution in [3.8, 4) is 28.3 Å². The molecule has 1 saturated heterocycles. The number of aromatic amines is 1. The standard InChI is InChI=1S/C30H34N4O4/c1-19(2)37-30(35)32-21-8-6-20(7-9-21)29-28(26-12-15-31-33-26)25-11-10-24(38-23-13-16-36-17-14-23)18-27(25)34(29)22-4-3-5-22/h6-12,15,18-19,22-23H,3-5,13-14,16-17H2,1-2H3,(H,31,33)(H,32,35). The Labute approximate surface area is 222 Å². The minimum Gasteiger partial charge on any atom is -0.490 e. The highest BCUT2D eigenvalue weighted by Crippen LogP contribution is 2.47. The number of carbonyl (C=O) groups is 1. The minimum atomic E-state index is -0.453. The molecule has 0 radical (unpaired) electrons. The number of fused-ring (bicyclic) bond motifs is 1. The summed E-state index contributed by atoms with van der Waals surface area (Å²) in [6.07, 6.45) is 6.75. The number of anilines is 1. The molecule has 0 atom stereocenters. The Balaban J connectivity index is 1.44. The van der Waals surface area contributed by atoms with Crippen LogP contribution in [-0.2, 0) is 9.47 Å². The van der Waals surface area contributed by atoms with Crippen molar-refractivity contribution in [1.29, 1.82) is 0 Å². The third kappa shape index (κ3) is 4.88. The number of aromatic nitrogens is 3. The van der Waals surface area contributed by atoms with Crippen molar-refractivity contribution in [3.63, 3.8) is 0 Å². The molecule has 1 saturated carbocycles. The fourth-order valence-corrected chi connectivity index (χ4v) is 5.39. The number of hydrogen-bond donors (Lipinski definition) is 2. The fraction of sp³-hybridized carbons (Fsp3) is 0.400. The molecule has 2 aromatic carbocycles. The first-order chi connectivity index (χ1) is 18.6. The molecule has 1 aliphatic carbocycles. The molecule has 6 rings (SSSR count). The molecule has 0 bridgehead atoms. The van der Waals surface area contributed by atoms with E-state index in [2.05, 4.69) is 50.4 Å². The van der Waals surface area contributed by atoms with Gasteiger partial charge in [-0.05, 0) is 69.0 Å². The third-order valence-electron chi connectivity index (χ3n) is 7.39. The van der Waals surface area contributed by atoms with Gasteiger partial charge in [0.1, 0.15) is 11.9 Å². The van der Waals surface area contributed by atoms with E-state index in [1.165, 1.54) is 6.42 Å². The van der Waals surface area contributed by atoms with E-state index >= 15 is 0 Å². The van der Waals surface area contributed by atoms with Gasteiger partial charge >= 0.3 is 6.09 Å². The van der Waals surface area contributed by atoms with Crippen molar-refractivity contribution in [3.05, 3.63) is 54.7 Å². The van der Waals surface area contributed by atoms with Crippen LogP contribution in [-0.4, -0.2) is 46.3 Å². The van der Waals surface area contributed by atoms with E-state index in [-0.39, 0.29) is 12.2 Å². The molecule has 0 spiro atoms. The molecule has 2 N–H and O–H groups in total. The summed E-state index contributed by atoms with van der Waals surface area (Å²) in [5.74, 6) is 0.894. The summed E-state index contributed by atoms with van der Waals surface area (Å²) in [7, 11) is 0. The minimum absolute atomic E-state index is 0.177. The maximum absolute atomic E-state index is 12.1. The lowest BCUT2D eigenvalue weighted by Crippen LogP contribution is -2.25. The molecule has 2 aliphatic rings. The number of ether oxygens (including phenoxy) is 3. The van der Waals surface area contributed by atoms with Gasteiger partial charge in [0.05, 0.1) is 36.2 Å². The average molecular weight is 515 g/mol. The van der Waals surface area contributed by atoms with Gasteiger partial charge in [-0.15, -0.1) is 0 Å². The van der Waals surface area contributed by atoms with Crippen LogP contribution in [0.2, 0.25) is 0 Å². The van der Waals surface area contributed by atoms with E-state index in [1.807, 2.05) is 38.2 Å². The zero-order valence-corrected chi connectivity index (χ0v) is 21.9. The van der Waals surface area contributed by atoms with Crippen molar-refractivity contribution in [2.45, 2.75) is 64.2 Å². The molecule has 8 nitrogen and oxygen atoms in total. The van der Waals surface area contributed by atoms with Gasteiger partial charge in [-0.1, -0.05) is 12.1 Å². The normalized spacial score (nSPS) is 16.5. The zero-order valence-electron chi connectivity index (χ0n) is 21.9. The highest BCUT2D eigenvalue weighted by atomic mass is 16.6. The summed E-state index contributed by atoms with van der Waals surface area (Å²) >= 11 is 0. The van der Waals surface area contributed by atoms with E-state index in [1.54, 1.807) is 0 Å². The molecule has 38 heavy (non-hydrogen) atoms. The van der Waals surface area contributed by atoms with Crippen LogP contribution in [0.5, 0.6) is 5.75 Å². The van der Waals surface area contributed by atoms with E-state index in [0.717, 1.165) is 78.1 Å². The molecule has 4 aromatic rings. The Morgan fingerprint density at radius 2 is 1.87 bits per heavy atom. The van der Waals surface area contributed by atoms with E-state index in [4.69, 9.17) is 14.2 Å². The summed E-state index contributed by atoms with van der Waals surface area (Å²) in [6, 6.07) is 16.8. The van der Waals surface area contributed by atoms with Gasteiger partial charge in [0, 0.05) is 47.8 Å². The number of hydrogen-bond acceptors (Lipinski definition) is 5. The summed E-state index contributed by atoms with van der Waals surface area (Å²) in [5.41, 5.74) is 6.07. The number of rotatable bonds is 7. The van der Waals surface area contributed by atoms with Crippen molar-refractivity contribution in [2.24, 2.45) is 0 Å². The van der Waals surface area contributed by atoms with Crippen LogP contribution in [0.15, 0.2) is 54.7 Å². The van der Waals surface area contributed by atoms with Crippen LogP contribution in [0.25, 0.3) is 33.4 Å². The van der Waals surface area contributed by atoms with Gasteiger partial charge in [0.2, 0.25) is 0 Å². The van der Waals surface area contributed by atoms with Crippen LogP contribution < -0.4 is 10.1 Å². The molecule has 0 unspecified atom stereocenters. The fourth-order valence-electron chi connectivity index (χ4n) is 5.39. The number of nitrogens with zero attached hydrogens (tertiary/aromatic N) is 2. The zero-order chi connectivity index (χ0) is 26.1. The van der Waals surface area contributed by atoms with Crippen molar-refractivity contribution in [2.75, 3.05) is 18.5 Å². The molecule has 8 heteroatoms. The van der Waals surface area contributed by atoms with Gasteiger partial charge < -0.3 is 18.8 Å². The quantitative estimate of drug-likeness (QED) is 0.279. The first-order valence-electron chi connectivity index (χ1n) is 13.6. The predicted molar refractivity (Wildman–Crippen MR) is 148 cm³/mol. The van der Waals surface area contributed by atoms with Gasteiger partial charge in [0.15, 0.2) is 0 Å². The molecule has 1 amide bonds. The van der Waals surface area contributed by atoms with Crippen LogP contribution in [0.1, 0.15) is 52.0 Å². The van der Waals surface area contributed by atoms with Crippen LogP contribution in [0, 0.1) is 0 Å². The molecule has 3 heterocycles. The Bertz CT molecular complexity index is 1400. The Kier molecular flexibility index (Phi) is 6.81. The lowest BCUT2D eigenvalue weighted by molar-refractivity contribution is 0.0256. The second-order valence-corrected chi connectivity index (χ2v) is 10.4. The van der Waals surface area contributed by atoms with Crippen LogP contribution in [0.4, 0.5) is 10.5 Å². The largest absolute Gasteiger partial charge is 0.490 e. The maximum atomic E-state index is 12.1. The van der Waals surface area contributed by atoms with Crippen molar-refractivity contribution >= 4 is 22.7 Å². The Hall–Kier alpha value is -3.78. The Morgan fingerprint density at radius 1 is 1.08 bits per heavy atom. The predicted octanol–water partition coefficient (Wildman–Crippen LogP) is 6.94. The topological polar surface area (TPSA) is 90.4 Å². The van der Waals surface area contributed by atoms with Gasteiger partial charge in [-0.3, -0.25) is 10.4 Å². The molecule has 198 valence electrons. The first-order valence-corrected chi connectivity index (χ1v) is 13.6. The number of nitrogens with one attached hydrogen (secondary N) is 2. The smallest absolute Gasteiger partial charge is 0.411 e.